The number of para-hydroxylation sites is 1. The number of amides is 1. The van der Waals surface area contributed by atoms with Crippen molar-refractivity contribution < 1.29 is 9.21 Å². The number of nitrogens with one attached hydrogen (secondary N) is 2. The van der Waals surface area contributed by atoms with E-state index in [2.05, 4.69) is 15.5 Å². The molecule has 0 radical (unpaired) electrons. The van der Waals surface area contributed by atoms with Crippen LogP contribution in [0.5, 0.6) is 0 Å². The highest BCUT2D eigenvalue weighted by Crippen LogP contribution is 2.14. The van der Waals surface area contributed by atoms with E-state index in [4.69, 9.17) is 16.6 Å². The Balaban J connectivity index is 1.46. The molecule has 120 valence electrons. The molecule has 0 bridgehead atoms. The quantitative estimate of drug-likeness (QED) is 0.848. The standard InChI is InChI=1S/C17H19N3O2S/c21-16(15-7-4-12-22-15)18-14-8-10-20(11-9-14)17(23)19-13-5-2-1-3-6-13/h1-7,12,14H,8-11H2,(H,18,21)(H,19,23). The fourth-order valence-corrected chi connectivity index (χ4v) is 2.92. The van der Waals surface area contributed by atoms with E-state index in [0.29, 0.717) is 5.76 Å². The van der Waals surface area contributed by atoms with Crippen molar-refractivity contribution in [1.29, 1.82) is 0 Å². The number of thiocarbonyl (C=S) groups is 1. The van der Waals surface area contributed by atoms with Crippen LogP contribution in [0, 0.1) is 0 Å². The van der Waals surface area contributed by atoms with Gasteiger partial charge in [-0.3, -0.25) is 4.79 Å². The van der Waals surface area contributed by atoms with Crippen LogP contribution >= 0.6 is 12.2 Å². The van der Waals surface area contributed by atoms with Crippen LogP contribution in [-0.4, -0.2) is 35.1 Å². The molecule has 1 fully saturated rings. The predicted octanol–water partition coefficient (Wildman–Crippen LogP) is 2.87. The maximum atomic E-state index is 12.0. The molecule has 1 amide bonds. The lowest BCUT2D eigenvalue weighted by Crippen LogP contribution is -2.47. The van der Waals surface area contributed by atoms with Gasteiger partial charge in [0.25, 0.3) is 5.91 Å². The number of furan rings is 1. The average Bonchev–Trinajstić information content (AvgIpc) is 3.11. The minimum absolute atomic E-state index is 0.154. The zero-order chi connectivity index (χ0) is 16.1. The fourth-order valence-electron chi connectivity index (χ4n) is 2.62. The first-order valence-electron chi connectivity index (χ1n) is 7.68. The Labute approximate surface area is 140 Å². The Morgan fingerprint density at radius 3 is 2.52 bits per heavy atom. The number of hydrogen-bond acceptors (Lipinski definition) is 3. The van der Waals surface area contributed by atoms with Gasteiger partial charge in [-0.15, -0.1) is 0 Å². The van der Waals surface area contributed by atoms with Crippen LogP contribution in [0.3, 0.4) is 0 Å². The van der Waals surface area contributed by atoms with E-state index in [1.54, 1.807) is 12.1 Å². The highest BCUT2D eigenvalue weighted by Gasteiger charge is 2.23. The van der Waals surface area contributed by atoms with E-state index >= 15 is 0 Å². The summed E-state index contributed by atoms with van der Waals surface area (Å²) >= 11 is 5.46. The summed E-state index contributed by atoms with van der Waals surface area (Å²) in [6, 6.07) is 13.4. The van der Waals surface area contributed by atoms with Gasteiger partial charge in [-0.05, 0) is 49.3 Å². The largest absolute Gasteiger partial charge is 0.459 e. The van der Waals surface area contributed by atoms with E-state index in [-0.39, 0.29) is 11.9 Å². The number of benzene rings is 1. The van der Waals surface area contributed by atoms with Crippen LogP contribution in [0.1, 0.15) is 23.4 Å². The van der Waals surface area contributed by atoms with Gasteiger partial charge in [0.2, 0.25) is 0 Å². The highest BCUT2D eigenvalue weighted by atomic mass is 32.1. The first-order valence-corrected chi connectivity index (χ1v) is 8.08. The van der Waals surface area contributed by atoms with Crippen molar-refractivity contribution in [2.75, 3.05) is 18.4 Å². The molecular formula is C17H19N3O2S. The van der Waals surface area contributed by atoms with Gasteiger partial charge in [-0.25, -0.2) is 0 Å². The zero-order valence-corrected chi connectivity index (χ0v) is 13.5. The van der Waals surface area contributed by atoms with Gasteiger partial charge in [-0.1, -0.05) is 18.2 Å². The van der Waals surface area contributed by atoms with Gasteiger partial charge in [0.15, 0.2) is 10.9 Å². The smallest absolute Gasteiger partial charge is 0.287 e. The molecule has 2 N–H and O–H groups in total. The number of hydrogen-bond donors (Lipinski definition) is 2. The third-order valence-corrected chi connectivity index (χ3v) is 4.25. The van der Waals surface area contributed by atoms with Crippen LogP contribution in [0.15, 0.2) is 53.1 Å². The van der Waals surface area contributed by atoms with Crippen molar-refractivity contribution in [2.24, 2.45) is 0 Å². The molecule has 5 nitrogen and oxygen atoms in total. The number of rotatable bonds is 3. The van der Waals surface area contributed by atoms with Crippen molar-refractivity contribution in [3.63, 3.8) is 0 Å². The lowest BCUT2D eigenvalue weighted by molar-refractivity contribution is 0.0894. The lowest BCUT2D eigenvalue weighted by Gasteiger charge is -2.34. The Morgan fingerprint density at radius 2 is 1.87 bits per heavy atom. The van der Waals surface area contributed by atoms with Crippen molar-refractivity contribution in [1.82, 2.24) is 10.2 Å². The minimum atomic E-state index is -0.154. The van der Waals surface area contributed by atoms with E-state index in [9.17, 15) is 4.79 Å². The van der Waals surface area contributed by atoms with E-state index in [0.717, 1.165) is 36.7 Å². The second-order valence-corrected chi connectivity index (χ2v) is 5.89. The van der Waals surface area contributed by atoms with Gasteiger partial charge >= 0.3 is 0 Å². The maximum Gasteiger partial charge on any atom is 0.287 e. The number of nitrogens with zero attached hydrogens (tertiary/aromatic N) is 1. The number of carbonyl (C=O) groups is 1. The molecule has 3 rings (SSSR count). The molecule has 1 aromatic carbocycles. The molecule has 2 aromatic rings. The summed E-state index contributed by atoms with van der Waals surface area (Å²) in [6.07, 6.45) is 3.23. The molecule has 0 atom stereocenters. The Kier molecular flexibility index (Phi) is 4.92. The number of likely N-dealkylation sites (tertiary alicyclic amines) is 1. The SMILES string of the molecule is O=C(NC1CCN(C(=S)Nc2ccccc2)CC1)c1ccco1. The van der Waals surface area contributed by atoms with E-state index in [1.165, 1.54) is 6.26 Å². The third kappa shape index (κ3) is 4.10. The van der Waals surface area contributed by atoms with Gasteiger partial charge in [0.1, 0.15) is 0 Å². The first kappa shape index (κ1) is 15.6. The Bertz CT molecular complexity index is 650. The Hall–Kier alpha value is -2.34. The average molecular weight is 329 g/mol. The summed E-state index contributed by atoms with van der Waals surface area (Å²) in [5, 5.41) is 6.98. The van der Waals surface area contributed by atoms with E-state index in [1.807, 2.05) is 30.3 Å². The molecule has 0 aliphatic carbocycles. The number of piperidine rings is 1. The monoisotopic (exact) mass is 329 g/mol. The van der Waals surface area contributed by atoms with Crippen molar-refractivity contribution in [3.8, 4) is 0 Å². The topological polar surface area (TPSA) is 57.5 Å². The molecule has 1 saturated heterocycles. The second kappa shape index (κ2) is 7.28. The third-order valence-electron chi connectivity index (χ3n) is 3.89. The molecular weight excluding hydrogens is 310 g/mol. The lowest BCUT2D eigenvalue weighted by atomic mass is 10.1. The summed E-state index contributed by atoms with van der Waals surface area (Å²) in [6.45, 7) is 1.64. The minimum Gasteiger partial charge on any atom is -0.459 e. The normalized spacial score (nSPS) is 15.2. The molecule has 0 spiro atoms. The molecule has 0 saturated carbocycles. The molecule has 23 heavy (non-hydrogen) atoms. The first-order chi connectivity index (χ1) is 11.2. The Morgan fingerprint density at radius 1 is 1.13 bits per heavy atom. The van der Waals surface area contributed by atoms with Crippen LogP contribution in [0.4, 0.5) is 5.69 Å². The molecule has 2 heterocycles. The van der Waals surface area contributed by atoms with Gasteiger partial charge in [0.05, 0.1) is 6.26 Å². The van der Waals surface area contributed by atoms with Crippen LogP contribution < -0.4 is 10.6 Å². The molecule has 1 aliphatic heterocycles. The van der Waals surface area contributed by atoms with Crippen LogP contribution in [-0.2, 0) is 0 Å². The molecule has 6 heteroatoms. The predicted molar refractivity (Wildman–Crippen MR) is 93.4 cm³/mol. The fraction of sp³-hybridized carbons (Fsp3) is 0.294. The molecule has 0 unspecified atom stereocenters. The summed E-state index contributed by atoms with van der Waals surface area (Å²) < 4.78 is 5.11. The maximum absolute atomic E-state index is 12.0. The van der Waals surface area contributed by atoms with Crippen LogP contribution in [0.2, 0.25) is 0 Å². The summed E-state index contributed by atoms with van der Waals surface area (Å²) in [4.78, 5) is 14.1. The van der Waals surface area contributed by atoms with Crippen molar-refractivity contribution >= 4 is 28.9 Å². The van der Waals surface area contributed by atoms with Gasteiger partial charge < -0.3 is 20.0 Å². The van der Waals surface area contributed by atoms with E-state index < -0.39 is 0 Å². The second-order valence-electron chi connectivity index (χ2n) is 5.51. The van der Waals surface area contributed by atoms with Crippen molar-refractivity contribution in [2.45, 2.75) is 18.9 Å². The number of carbonyl (C=O) groups excluding carboxylic acids is 1. The molecule has 1 aromatic heterocycles. The summed E-state index contributed by atoms with van der Waals surface area (Å²) in [5.41, 5.74) is 0.991. The number of anilines is 1. The highest BCUT2D eigenvalue weighted by molar-refractivity contribution is 7.80. The zero-order valence-electron chi connectivity index (χ0n) is 12.7. The van der Waals surface area contributed by atoms with Gasteiger partial charge in [0, 0.05) is 24.8 Å². The molecule has 1 aliphatic rings. The summed E-state index contributed by atoms with van der Waals surface area (Å²) in [7, 11) is 0. The summed E-state index contributed by atoms with van der Waals surface area (Å²) in [5.74, 6) is 0.201. The van der Waals surface area contributed by atoms with Gasteiger partial charge in [-0.2, -0.15) is 0 Å². The van der Waals surface area contributed by atoms with Crippen LogP contribution in [0.25, 0.3) is 0 Å². The van der Waals surface area contributed by atoms with Crippen molar-refractivity contribution in [3.05, 3.63) is 54.5 Å².